The highest BCUT2D eigenvalue weighted by atomic mass is 16.5. The van der Waals surface area contributed by atoms with E-state index in [1.165, 1.54) is 0 Å². The summed E-state index contributed by atoms with van der Waals surface area (Å²) in [5.74, 6) is 0.0382. The van der Waals surface area contributed by atoms with Gasteiger partial charge in [-0.15, -0.1) is 6.58 Å². The number of nitrogens with two attached hydrogens (primary N) is 1. The van der Waals surface area contributed by atoms with Crippen LogP contribution in [-0.4, -0.2) is 32.2 Å². The van der Waals surface area contributed by atoms with Crippen LogP contribution in [0, 0.1) is 0 Å². The van der Waals surface area contributed by atoms with Crippen LogP contribution in [0.5, 0.6) is 0 Å². The van der Waals surface area contributed by atoms with Gasteiger partial charge in [0.05, 0.1) is 13.2 Å². The highest BCUT2D eigenvalue weighted by Gasteiger charge is 1.97. The van der Waals surface area contributed by atoms with Crippen molar-refractivity contribution in [2.45, 2.75) is 12.8 Å². The maximum absolute atomic E-state index is 11.0. The number of amides is 1. The lowest BCUT2D eigenvalue weighted by atomic mass is 10.3. The second-order valence-corrected chi connectivity index (χ2v) is 2.58. The molecule has 3 N–H and O–H groups in total. The van der Waals surface area contributed by atoms with E-state index in [1.54, 1.807) is 6.08 Å². The molecule has 13 heavy (non-hydrogen) atoms. The topological polar surface area (TPSA) is 64.3 Å². The first-order valence-corrected chi connectivity index (χ1v) is 4.46. The van der Waals surface area contributed by atoms with Crippen molar-refractivity contribution in [2.24, 2.45) is 5.73 Å². The molecule has 0 aliphatic rings. The Bertz CT molecular complexity index is 149. The fourth-order valence-corrected chi connectivity index (χ4v) is 0.770. The van der Waals surface area contributed by atoms with Crippen LogP contribution in [0.4, 0.5) is 0 Å². The fraction of sp³-hybridized carbons (Fsp3) is 0.667. The summed E-state index contributed by atoms with van der Waals surface area (Å²) in [6, 6.07) is 0. The first kappa shape index (κ1) is 12.1. The summed E-state index contributed by atoms with van der Waals surface area (Å²) in [6.45, 7) is 5.67. The van der Waals surface area contributed by atoms with E-state index in [0.717, 1.165) is 6.42 Å². The summed E-state index contributed by atoms with van der Waals surface area (Å²) in [6.07, 6.45) is 2.94. The summed E-state index contributed by atoms with van der Waals surface area (Å²) in [5.41, 5.74) is 5.21. The van der Waals surface area contributed by atoms with Gasteiger partial charge < -0.3 is 15.8 Å². The SMILES string of the molecule is C=CCCC(=O)NCCOCCN. The van der Waals surface area contributed by atoms with Gasteiger partial charge in [-0.25, -0.2) is 0 Å². The third-order valence-corrected chi connectivity index (χ3v) is 1.41. The van der Waals surface area contributed by atoms with Crippen molar-refractivity contribution in [3.8, 4) is 0 Å². The van der Waals surface area contributed by atoms with Gasteiger partial charge in [-0.3, -0.25) is 4.79 Å². The number of ether oxygens (including phenoxy) is 1. The van der Waals surface area contributed by atoms with Crippen molar-refractivity contribution in [3.05, 3.63) is 12.7 Å². The minimum absolute atomic E-state index is 0.0382. The van der Waals surface area contributed by atoms with Crippen LogP contribution in [0.3, 0.4) is 0 Å². The Balaban J connectivity index is 3.12. The Morgan fingerprint density at radius 3 is 2.92 bits per heavy atom. The van der Waals surface area contributed by atoms with Gasteiger partial charge in [-0.05, 0) is 6.42 Å². The van der Waals surface area contributed by atoms with Crippen LogP contribution in [0.15, 0.2) is 12.7 Å². The normalized spacial score (nSPS) is 9.62. The predicted octanol–water partition coefficient (Wildman–Crippen LogP) is 0.0441. The zero-order valence-corrected chi connectivity index (χ0v) is 7.92. The molecule has 0 saturated carbocycles. The van der Waals surface area contributed by atoms with Crippen molar-refractivity contribution in [2.75, 3.05) is 26.3 Å². The van der Waals surface area contributed by atoms with E-state index >= 15 is 0 Å². The van der Waals surface area contributed by atoms with Crippen molar-refractivity contribution < 1.29 is 9.53 Å². The van der Waals surface area contributed by atoms with Gasteiger partial charge in [0, 0.05) is 19.5 Å². The zero-order valence-electron chi connectivity index (χ0n) is 7.92. The molecule has 0 fully saturated rings. The smallest absolute Gasteiger partial charge is 0.220 e. The minimum atomic E-state index is 0.0382. The van der Waals surface area contributed by atoms with E-state index in [4.69, 9.17) is 10.5 Å². The molecule has 0 aliphatic heterocycles. The monoisotopic (exact) mass is 186 g/mol. The fourth-order valence-electron chi connectivity index (χ4n) is 0.770. The molecule has 0 aromatic rings. The molecular formula is C9H18N2O2. The van der Waals surface area contributed by atoms with Gasteiger partial charge in [0.25, 0.3) is 0 Å². The summed E-state index contributed by atoms with van der Waals surface area (Å²) in [4.78, 5) is 11.0. The number of hydrogen-bond acceptors (Lipinski definition) is 3. The number of carbonyl (C=O) groups excluding carboxylic acids is 1. The molecule has 0 atom stereocenters. The molecule has 4 nitrogen and oxygen atoms in total. The summed E-state index contributed by atoms with van der Waals surface area (Å²) in [5, 5.41) is 2.72. The number of rotatable bonds is 8. The molecule has 0 unspecified atom stereocenters. The Hall–Kier alpha value is -0.870. The van der Waals surface area contributed by atoms with Gasteiger partial charge in [0.15, 0.2) is 0 Å². The van der Waals surface area contributed by atoms with Crippen LogP contribution >= 0.6 is 0 Å². The number of allylic oxidation sites excluding steroid dienone is 1. The van der Waals surface area contributed by atoms with Crippen LogP contribution in [0.1, 0.15) is 12.8 Å². The van der Waals surface area contributed by atoms with Crippen molar-refractivity contribution in [1.82, 2.24) is 5.32 Å². The molecule has 0 bridgehead atoms. The van der Waals surface area contributed by atoms with Gasteiger partial charge in [0.2, 0.25) is 5.91 Å². The van der Waals surface area contributed by atoms with Crippen molar-refractivity contribution >= 4 is 5.91 Å². The lowest BCUT2D eigenvalue weighted by Crippen LogP contribution is -2.27. The molecule has 0 aliphatic carbocycles. The van der Waals surface area contributed by atoms with Crippen molar-refractivity contribution in [1.29, 1.82) is 0 Å². The molecule has 1 amide bonds. The van der Waals surface area contributed by atoms with Gasteiger partial charge >= 0.3 is 0 Å². The quantitative estimate of drug-likeness (QED) is 0.415. The number of nitrogens with one attached hydrogen (secondary N) is 1. The standard InChI is InChI=1S/C9H18N2O2/c1-2-3-4-9(12)11-6-8-13-7-5-10/h2H,1,3-8,10H2,(H,11,12). The van der Waals surface area contributed by atoms with E-state index in [2.05, 4.69) is 11.9 Å². The maximum atomic E-state index is 11.0. The maximum Gasteiger partial charge on any atom is 0.220 e. The van der Waals surface area contributed by atoms with Gasteiger partial charge in [0.1, 0.15) is 0 Å². The summed E-state index contributed by atoms with van der Waals surface area (Å²) < 4.78 is 5.08. The van der Waals surface area contributed by atoms with E-state index in [0.29, 0.717) is 32.7 Å². The molecule has 0 spiro atoms. The largest absolute Gasteiger partial charge is 0.378 e. The zero-order chi connectivity index (χ0) is 9.94. The number of carbonyl (C=O) groups is 1. The molecule has 0 heterocycles. The molecule has 0 aromatic carbocycles. The Kier molecular flexibility index (Phi) is 8.60. The third kappa shape index (κ3) is 9.04. The molecular weight excluding hydrogens is 168 g/mol. The lowest BCUT2D eigenvalue weighted by molar-refractivity contribution is -0.121. The number of hydrogen-bond donors (Lipinski definition) is 2. The average molecular weight is 186 g/mol. The summed E-state index contributed by atoms with van der Waals surface area (Å²) in [7, 11) is 0. The van der Waals surface area contributed by atoms with Gasteiger partial charge in [-0.2, -0.15) is 0 Å². The van der Waals surface area contributed by atoms with Crippen LogP contribution in [0.25, 0.3) is 0 Å². The van der Waals surface area contributed by atoms with Gasteiger partial charge in [-0.1, -0.05) is 6.08 Å². The second kappa shape index (κ2) is 9.22. The van der Waals surface area contributed by atoms with E-state index in [1.807, 2.05) is 0 Å². The third-order valence-electron chi connectivity index (χ3n) is 1.41. The molecule has 0 rings (SSSR count). The Morgan fingerprint density at radius 1 is 1.54 bits per heavy atom. The minimum Gasteiger partial charge on any atom is -0.378 e. The van der Waals surface area contributed by atoms with Crippen molar-refractivity contribution in [3.63, 3.8) is 0 Å². The predicted molar refractivity (Wildman–Crippen MR) is 52.3 cm³/mol. The molecule has 76 valence electrons. The highest BCUT2D eigenvalue weighted by Crippen LogP contribution is 1.87. The Labute approximate surface area is 79.1 Å². The molecule has 0 aromatic heterocycles. The summed E-state index contributed by atoms with van der Waals surface area (Å²) >= 11 is 0. The molecule has 0 radical (unpaired) electrons. The molecule has 0 saturated heterocycles. The van der Waals surface area contributed by atoms with E-state index in [-0.39, 0.29) is 5.91 Å². The average Bonchev–Trinajstić information content (AvgIpc) is 2.14. The van der Waals surface area contributed by atoms with Crippen LogP contribution < -0.4 is 11.1 Å². The first-order chi connectivity index (χ1) is 6.31. The molecule has 4 heteroatoms. The van der Waals surface area contributed by atoms with E-state index < -0.39 is 0 Å². The van der Waals surface area contributed by atoms with E-state index in [9.17, 15) is 4.79 Å². The first-order valence-electron chi connectivity index (χ1n) is 4.46. The second-order valence-electron chi connectivity index (χ2n) is 2.58. The Morgan fingerprint density at radius 2 is 2.31 bits per heavy atom. The highest BCUT2D eigenvalue weighted by molar-refractivity contribution is 5.75. The van der Waals surface area contributed by atoms with Crippen LogP contribution in [-0.2, 0) is 9.53 Å². The lowest BCUT2D eigenvalue weighted by Gasteiger charge is -2.04. The van der Waals surface area contributed by atoms with Crippen LogP contribution in [0.2, 0.25) is 0 Å².